The Morgan fingerprint density at radius 2 is 2.00 bits per heavy atom. The van der Waals surface area contributed by atoms with E-state index in [0.29, 0.717) is 18.3 Å². The Morgan fingerprint density at radius 3 is 2.65 bits per heavy atom. The summed E-state index contributed by atoms with van der Waals surface area (Å²) >= 11 is 0. The Morgan fingerprint density at radius 1 is 1.22 bits per heavy atom. The van der Waals surface area contributed by atoms with E-state index in [4.69, 9.17) is 4.52 Å². The van der Waals surface area contributed by atoms with Crippen LogP contribution in [0, 0.1) is 6.92 Å². The van der Waals surface area contributed by atoms with E-state index in [9.17, 15) is 0 Å². The van der Waals surface area contributed by atoms with Gasteiger partial charge in [0.2, 0.25) is 5.89 Å². The molecular weight excluding hydrogens is 405 g/mol. The molecule has 0 saturated carbocycles. The van der Waals surface area contributed by atoms with Gasteiger partial charge in [-0.15, -0.1) is 24.0 Å². The number of nitrogens with one attached hydrogen (secondary N) is 2. The zero-order chi connectivity index (χ0) is 15.6. The standard InChI is InChI=1S/C16H23N5O.HI/c1-3-17-16(19-12-14-8-5-4-6-9-14)18-11-7-10-15-20-13(2)21-22-15;/h4-6,8-9H,3,7,10-12H2,1-2H3,(H2,17,18,19);1H. The van der Waals surface area contributed by atoms with Crippen LogP contribution in [0.5, 0.6) is 0 Å². The summed E-state index contributed by atoms with van der Waals surface area (Å²) in [6, 6.07) is 10.2. The summed E-state index contributed by atoms with van der Waals surface area (Å²) in [4.78, 5) is 8.76. The van der Waals surface area contributed by atoms with Crippen LogP contribution in [0.2, 0.25) is 0 Å². The fourth-order valence-corrected chi connectivity index (χ4v) is 1.98. The van der Waals surface area contributed by atoms with Crippen molar-refractivity contribution in [1.29, 1.82) is 0 Å². The molecule has 1 aromatic carbocycles. The summed E-state index contributed by atoms with van der Waals surface area (Å²) < 4.78 is 5.09. The first-order valence-corrected chi connectivity index (χ1v) is 7.63. The highest BCUT2D eigenvalue weighted by Gasteiger charge is 2.02. The summed E-state index contributed by atoms with van der Waals surface area (Å²) in [6.45, 7) is 6.19. The monoisotopic (exact) mass is 429 g/mol. The molecule has 0 unspecified atom stereocenters. The molecule has 2 N–H and O–H groups in total. The number of nitrogens with zero attached hydrogens (tertiary/aromatic N) is 3. The Kier molecular flexibility index (Phi) is 9.27. The number of hydrogen-bond acceptors (Lipinski definition) is 4. The number of rotatable bonds is 7. The lowest BCUT2D eigenvalue weighted by molar-refractivity contribution is 0.372. The Labute approximate surface area is 154 Å². The van der Waals surface area contributed by atoms with Gasteiger partial charge < -0.3 is 15.2 Å². The van der Waals surface area contributed by atoms with Gasteiger partial charge >= 0.3 is 0 Å². The van der Waals surface area contributed by atoms with Crippen molar-refractivity contribution in [3.05, 3.63) is 47.6 Å². The minimum atomic E-state index is 0. The molecule has 0 bridgehead atoms. The van der Waals surface area contributed by atoms with E-state index < -0.39 is 0 Å². The molecule has 2 aromatic rings. The molecule has 1 aromatic heterocycles. The largest absolute Gasteiger partial charge is 0.357 e. The smallest absolute Gasteiger partial charge is 0.226 e. The maximum atomic E-state index is 5.09. The van der Waals surface area contributed by atoms with E-state index in [2.05, 4.69) is 44.8 Å². The Balaban J connectivity index is 0.00000264. The first-order chi connectivity index (χ1) is 10.8. The van der Waals surface area contributed by atoms with Gasteiger partial charge in [-0.05, 0) is 25.8 Å². The van der Waals surface area contributed by atoms with Crippen molar-refractivity contribution in [3.8, 4) is 0 Å². The molecule has 7 heteroatoms. The molecular formula is C16H24IN5O. The summed E-state index contributed by atoms with van der Waals surface area (Å²) in [5.74, 6) is 2.19. The number of benzene rings is 1. The van der Waals surface area contributed by atoms with Crippen molar-refractivity contribution in [1.82, 2.24) is 20.8 Å². The molecule has 0 radical (unpaired) electrons. The quantitative estimate of drug-likeness (QED) is 0.307. The minimum Gasteiger partial charge on any atom is -0.357 e. The number of aliphatic imine (C=N–C) groups is 1. The van der Waals surface area contributed by atoms with Gasteiger partial charge in [-0.1, -0.05) is 35.5 Å². The van der Waals surface area contributed by atoms with E-state index in [1.54, 1.807) is 0 Å². The van der Waals surface area contributed by atoms with Crippen LogP contribution in [-0.4, -0.2) is 29.2 Å². The van der Waals surface area contributed by atoms with E-state index in [1.165, 1.54) is 5.56 Å². The van der Waals surface area contributed by atoms with Gasteiger partial charge in [0.25, 0.3) is 0 Å². The molecule has 0 aliphatic carbocycles. The molecule has 126 valence electrons. The summed E-state index contributed by atoms with van der Waals surface area (Å²) in [5, 5.41) is 10.3. The van der Waals surface area contributed by atoms with E-state index in [1.807, 2.05) is 25.1 Å². The van der Waals surface area contributed by atoms with E-state index in [0.717, 1.165) is 31.9 Å². The van der Waals surface area contributed by atoms with Crippen LogP contribution < -0.4 is 10.6 Å². The van der Waals surface area contributed by atoms with Crippen molar-refractivity contribution in [3.63, 3.8) is 0 Å². The van der Waals surface area contributed by atoms with Crippen molar-refractivity contribution in [2.45, 2.75) is 33.2 Å². The van der Waals surface area contributed by atoms with Crippen LogP contribution in [0.1, 0.15) is 30.6 Å². The number of hydrogen-bond donors (Lipinski definition) is 2. The van der Waals surface area contributed by atoms with Crippen LogP contribution in [0.4, 0.5) is 0 Å². The second-order valence-corrected chi connectivity index (χ2v) is 4.95. The Bertz CT molecular complexity index is 585. The molecule has 0 aliphatic heterocycles. The summed E-state index contributed by atoms with van der Waals surface area (Å²) in [7, 11) is 0. The molecule has 0 aliphatic rings. The molecule has 1 heterocycles. The zero-order valence-corrected chi connectivity index (χ0v) is 15.9. The van der Waals surface area contributed by atoms with Gasteiger partial charge in [-0.2, -0.15) is 4.98 Å². The number of halogens is 1. The van der Waals surface area contributed by atoms with Gasteiger partial charge in [0.1, 0.15) is 0 Å². The maximum Gasteiger partial charge on any atom is 0.226 e. The highest BCUT2D eigenvalue weighted by atomic mass is 127. The van der Waals surface area contributed by atoms with Crippen molar-refractivity contribution in [2.24, 2.45) is 4.99 Å². The van der Waals surface area contributed by atoms with Crippen molar-refractivity contribution in [2.75, 3.05) is 13.1 Å². The summed E-state index contributed by atoms with van der Waals surface area (Å²) in [6.07, 6.45) is 1.68. The number of aromatic nitrogens is 2. The molecule has 6 nitrogen and oxygen atoms in total. The molecule has 0 amide bonds. The van der Waals surface area contributed by atoms with Crippen LogP contribution in [0.15, 0.2) is 39.8 Å². The molecule has 0 saturated heterocycles. The highest BCUT2D eigenvalue weighted by Crippen LogP contribution is 2.01. The number of aryl methyl sites for hydroxylation is 2. The Hall–Kier alpha value is -1.64. The van der Waals surface area contributed by atoms with Crippen LogP contribution in [0.25, 0.3) is 0 Å². The topological polar surface area (TPSA) is 75.3 Å². The lowest BCUT2D eigenvalue weighted by atomic mass is 10.2. The predicted molar refractivity (Wildman–Crippen MR) is 102 cm³/mol. The molecule has 0 atom stereocenters. The zero-order valence-electron chi connectivity index (χ0n) is 13.6. The van der Waals surface area contributed by atoms with Crippen LogP contribution >= 0.6 is 24.0 Å². The average molecular weight is 429 g/mol. The van der Waals surface area contributed by atoms with Gasteiger partial charge in [0.15, 0.2) is 11.8 Å². The average Bonchev–Trinajstić information content (AvgIpc) is 2.95. The van der Waals surface area contributed by atoms with E-state index >= 15 is 0 Å². The summed E-state index contributed by atoms with van der Waals surface area (Å²) in [5.41, 5.74) is 1.20. The first-order valence-electron chi connectivity index (χ1n) is 7.63. The van der Waals surface area contributed by atoms with Crippen molar-refractivity contribution < 1.29 is 4.52 Å². The second kappa shape index (κ2) is 11.0. The SMILES string of the molecule is CCNC(=NCc1ccccc1)NCCCc1nc(C)no1.I. The van der Waals surface area contributed by atoms with Crippen LogP contribution in [-0.2, 0) is 13.0 Å². The van der Waals surface area contributed by atoms with E-state index in [-0.39, 0.29) is 24.0 Å². The maximum absolute atomic E-state index is 5.09. The van der Waals surface area contributed by atoms with Gasteiger partial charge in [0.05, 0.1) is 6.54 Å². The molecule has 2 rings (SSSR count). The fraction of sp³-hybridized carbons (Fsp3) is 0.438. The normalized spacial score (nSPS) is 11.0. The van der Waals surface area contributed by atoms with Gasteiger partial charge in [0, 0.05) is 19.5 Å². The fourth-order valence-electron chi connectivity index (χ4n) is 1.98. The minimum absolute atomic E-state index is 0. The third-order valence-corrected chi connectivity index (χ3v) is 3.04. The van der Waals surface area contributed by atoms with Crippen LogP contribution in [0.3, 0.4) is 0 Å². The third kappa shape index (κ3) is 7.45. The third-order valence-electron chi connectivity index (χ3n) is 3.04. The molecule has 0 fully saturated rings. The second-order valence-electron chi connectivity index (χ2n) is 4.95. The number of guanidine groups is 1. The lowest BCUT2D eigenvalue weighted by Gasteiger charge is -2.10. The van der Waals surface area contributed by atoms with Crippen molar-refractivity contribution >= 4 is 29.9 Å². The molecule has 23 heavy (non-hydrogen) atoms. The highest BCUT2D eigenvalue weighted by molar-refractivity contribution is 14.0. The predicted octanol–water partition coefficient (Wildman–Crippen LogP) is 2.68. The lowest BCUT2D eigenvalue weighted by Crippen LogP contribution is -2.37. The van der Waals surface area contributed by atoms with Gasteiger partial charge in [-0.25, -0.2) is 4.99 Å². The van der Waals surface area contributed by atoms with Gasteiger partial charge in [-0.3, -0.25) is 0 Å². The molecule has 0 spiro atoms. The first kappa shape index (κ1) is 19.4.